The molecule has 0 radical (unpaired) electrons. The number of benzene rings is 1. The molecule has 0 saturated carbocycles. The maximum atomic E-state index is 8.65. The Morgan fingerprint density at radius 2 is 2.25 bits per heavy atom. The van der Waals surface area contributed by atoms with E-state index in [0.717, 1.165) is 11.1 Å². The van der Waals surface area contributed by atoms with Crippen LogP contribution in [-0.2, 0) is 0 Å². The highest BCUT2D eigenvalue weighted by Gasteiger charge is 2.01. The third-order valence-corrected chi connectivity index (χ3v) is 1.95. The van der Waals surface area contributed by atoms with Gasteiger partial charge in [-0.3, -0.25) is 0 Å². The summed E-state index contributed by atoms with van der Waals surface area (Å²) in [6, 6.07) is 10.1. The third-order valence-electron chi connectivity index (χ3n) is 1.95. The molecule has 0 aliphatic rings. The molecular formula is C10H12N2. The number of nitrogens with one attached hydrogen (secondary N) is 1. The van der Waals surface area contributed by atoms with Crippen molar-refractivity contribution in [2.75, 3.05) is 7.05 Å². The molecule has 0 aliphatic heterocycles. The van der Waals surface area contributed by atoms with Gasteiger partial charge in [0.05, 0.1) is 11.6 Å². The first-order valence-corrected chi connectivity index (χ1v) is 3.95. The van der Waals surface area contributed by atoms with Crippen LogP contribution in [0.5, 0.6) is 0 Å². The van der Waals surface area contributed by atoms with Gasteiger partial charge in [0.15, 0.2) is 0 Å². The number of nitrogens with zero attached hydrogens (tertiary/aromatic N) is 1. The quantitative estimate of drug-likeness (QED) is 0.716. The van der Waals surface area contributed by atoms with Crippen molar-refractivity contribution >= 4 is 0 Å². The largest absolute Gasteiger partial charge is 0.313 e. The van der Waals surface area contributed by atoms with E-state index in [9.17, 15) is 0 Å². The summed E-state index contributed by atoms with van der Waals surface area (Å²) < 4.78 is 0. The van der Waals surface area contributed by atoms with E-state index >= 15 is 0 Å². The van der Waals surface area contributed by atoms with Crippen LogP contribution in [0.3, 0.4) is 0 Å². The van der Waals surface area contributed by atoms with Crippen LogP contribution in [0.25, 0.3) is 0 Å². The van der Waals surface area contributed by atoms with Gasteiger partial charge in [-0.1, -0.05) is 12.1 Å². The molecule has 0 unspecified atom stereocenters. The summed E-state index contributed by atoms with van der Waals surface area (Å²) >= 11 is 0. The van der Waals surface area contributed by atoms with Gasteiger partial charge in [0.25, 0.3) is 0 Å². The normalized spacial score (nSPS) is 12.1. The molecule has 1 atom stereocenters. The molecule has 0 saturated heterocycles. The fourth-order valence-corrected chi connectivity index (χ4v) is 1.04. The van der Waals surface area contributed by atoms with E-state index in [1.165, 1.54) is 0 Å². The summed E-state index contributed by atoms with van der Waals surface area (Å²) in [6.07, 6.45) is 0. The van der Waals surface area contributed by atoms with Gasteiger partial charge in [0.1, 0.15) is 0 Å². The lowest BCUT2D eigenvalue weighted by molar-refractivity contribution is 0.652. The second kappa shape index (κ2) is 3.89. The smallest absolute Gasteiger partial charge is 0.0991 e. The summed E-state index contributed by atoms with van der Waals surface area (Å²) in [5.74, 6) is 0. The van der Waals surface area contributed by atoms with Gasteiger partial charge in [-0.25, -0.2) is 0 Å². The SMILES string of the molecule is CN[C@@H](C)c1cccc(C#N)c1. The molecule has 1 N–H and O–H groups in total. The summed E-state index contributed by atoms with van der Waals surface area (Å²) in [4.78, 5) is 0. The average Bonchev–Trinajstić information content (AvgIpc) is 2.17. The van der Waals surface area contributed by atoms with Crippen LogP contribution in [0, 0.1) is 11.3 Å². The van der Waals surface area contributed by atoms with E-state index < -0.39 is 0 Å². The zero-order valence-corrected chi connectivity index (χ0v) is 7.33. The van der Waals surface area contributed by atoms with Crippen molar-refractivity contribution < 1.29 is 0 Å². The standard InChI is InChI=1S/C10H12N2/c1-8(12-2)10-5-3-4-9(6-10)7-11/h3-6,8,12H,1-2H3/t8-/m0/s1. The van der Waals surface area contributed by atoms with Crippen LogP contribution < -0.4 is 5.32 Å². The van der Waals surface area contributed by atoms with Crippen LogP contribution >= 0.6 is 0 Å². The van der Waals surface area contributed by atoms with E-state index in [-0.39, 0.29) is 0 Å². The molecule has 0 aliphatic carbocycles. The van der Waals surface area contributed by atoms with Gasteiger partial charge in [0.2, 0.25) is 0 Å². The highest BCUT2D eigenvalue weighted by molar-refractivity contribution is 5.33. The predicted octanol–water partition coefficient (Wildman–Crippen LogP) is 1.84. The lowest BCUT2D eigenvalue weighted by Crippen LogP contribution is -2.12. The lowest BCUT2D eigenvalue weighted by atomic mass is 10.1. The Balaban J connectivity index is 2.95. The lowest BCUT2D eigenvalue weighted by Gasteiger charge is -2.09. The third kappa shape index (κ3) is 1.84. The first-order chi connectivity index (χ1) is 5.77. The Hall–Kier alpha value is -1.33. The van der Waals surface area contributed by atoms with Crippen molar-refractivity contribution in [3.63, 3.8) is 0 Å². The van der Waals surface area contributed by atoms with E-state index in [4.69, 9.17) is 5.26 Å². The molecule has 1 aromatic carbocycles. The maximum Gasteiger partial charge on any atom is 0.0991 e. The summed E-state index contributed by atoms with van der Waals surface area (Å²) in [5, 5.41) is 11.8. The Morgan fingerprint density at radius 3 is 2.83 bits per heavy atom. The minimum atomic E-state index is 0.304. The van der Waals surface area contributed by atoms with E-state index in [1.54, 1.807) is 0 Å². The van der Waals surface area contributed by atoms with Crippen LogP contribution in [0.2, 0.25) is 0 Å². The second-order valence-corrected chi connectivity index (χ2v) is 2.75. The minimum Gasteiger partial charge on any atom is -0.313 e. The molecule has 1 aromatic rings. The number of rotatable bonds is 2. The van der Waals surface area contributed by atoms with Crippen molar-refractivity contribution in [1.82, 2.24) is 5.32 Å². The Kier molecular flexibility index (Phi) is 2.84. The topological polar surface area (TPSA) is 35.8 Å². The molecular weight excluding hydrogens is 148 g/mol. The van der Waals surface area contributed by atoms with Gasteiger partial charge in [0, 0.05) is 6.04 Å². The van der Waals surface area contributed by atoms with E-state index in [1.807, 2.05) is 31.3 Å². The molecule has 0 amide bonds. The second-order valence-electron chi connectivity index (χ2n) is 2.75. The zero-order chi connectivity index (χ0) is 8.97. The van der Waals surface area contributed by atoms with E-state index in [2.05, 4.69) is 18.3 Å². The zero-order valence-electron chi connectivity index (χ0n) is 7.33. The minimum absolute atomic E-state index is 0.304. The molecule has 0 fully saturated rings. The fraction of sp³-hybridized carbons (Fsp3) is 0.300. The van der Waals surface area contributed by atoms with Crippen molar-refractivity contribution in [2.24, 2.45) is 0 Å². The van der Waals surface area contributed by atoms with Crippen molar-refractivity contribution in [3.05, 3.63) is 35.4 Å². The highest BCUT2D eigenvalue weighted by Crippen LogP contribution is 2.12. The molecule has 12 heavy (non-hydrogen) atoms. The first kappa shape index (κ1) is 8.76. The molecule has 0 spiro atoms. The molecule has 0 aromatic heterocycles. The predicted molar refractivity (Wildman–Crippen MR) is 48.6 cm³/mol. The molecule has 62 valence electrons. The van der Waals surface area contributed by atoms with Gasteiger partial charge in [-0.2, -0.15) is 5.26 Å². The number of hydrogen-bond acceptors (Lipinski definition) is 2. The molecule has 0 heterocycles. The number of hydrogen-bond donors (Lipinski definition) is 1. The Morgan fingerprint density at radius 1 is 1.50 bits per heavy atom. The van der Waals surface area contributed by atoms with Crippen LogP contribution in [0.1, 0.15) is 24.1 Å². The average molecular weight is 160 g/mol. The highest BCUT2D eigenvalue weighted by atomic mass is 14.8. The van der Waals surface area contributed by atoms with Crippen LogP contribution in [0.4, 0.5) is 0 Å². The van der Waals surface area contributed by atoms with Gasteiger partial charge >= 0.3 is 0 Å². The summed E-state index contributed by atoms with van der Waals surface area (Å²) in [6.45, 7) is 2.07. The van der Waals surface area contributed by atoms with Crippen molar-refractivity contribution in [3.8, 4) is 6.07 Å². The van der Waals surface area contributed by atoms with E-state index in [0.29, 0.717) is 6.04 Å². The number of nitriles is 1. The monoisotopic (exact) mass is 160 g/mol. The summed E-state index contributed by atoms with van der Waals surface area (Å²) in [7, 11) is 1.91. The maximum absolute atomic E-state index is 8.65. The van der Waals surface area contributed by atoms with Gasteiger partial charge in [-0.15, -0.1) is 0 Å². The molecule has 1 rings (SSSR count). The molecule has 0 bridgehead atoms. The van der Waals surface area contributed by atoms with Crippen LogP contribution in [0.15, 0.2) is 24.3 Å². The summed E-state index contributed by atoms with van der Waals surface area (Å²) in [5.41, 5.74) is 1.87. The first-order valence-electron chi connectivity index (χ1n) is 3.95. The van der Waals surface area contributed by atoms with Crippen molar-refractivity contribution in [1.29, 1.82) is 5.26 Å². The Labute approximate surface area is 72.8 Å². The van der Waals surface area contributed by atoms with Gasteiger partial charge in [-0.05, 0) is 31.7 Å². The Bertz CT molecular complexity index is 299. The molecule has 2 nitrogen and oxygen atoms in total. The van der Waals surface area contributed by atoms with Gasteiger partial charge < -0.3 is 5.32 Å². The van der Waals surface area contributed by atoms with Crippen molar-refractivity contribution in [2.45, 2.75) is 13.0 Å². The van der Waals surface area contributed by atoms with Crippen LogP contribution in [-0.4, -0.2) is 7.05 Å². The fourth-order valence-electron chi connectivity index (χ4n) is 1.04. The molecule has 2 heteroatoms.